The number of carbonyl (C=O) groups excluding carboxylic acids is 1. The number of para-hydroxylation sites is 1. The van der Waals surface area contributed by atoms with Crippen LogP contribution < -0.4 is 5.32 Å². The van der Waals surface area contributed by atoms with E-state index in [1.807, 2.05) is 5.32 Å². The maximum atomic E-state index is 12.9. The molecule has 0 saturated carbocycles. The molecule has 0 atom stereocenters. The lowest BCUT2D eigenvalue weighted by atomic mass is 10.2. The van der Waals surface area contributed by atoms with E-state index in [0.717, 1.165) is 0 Å². The van der Waals surface area contributed by atoms with E-state index in [2.05, 4.69) is 4.98 Å². The highest BCUT2D eigenvalue weighted by molar-refractivity contribution is 5.96. The number of halogens is 6. The van der Waals surface area contributed by atoms with Gasteiger partial charge in [-0.05, 0) is 12.1 Å². The van der Waals surface area contributed by atoms with E-state index in [-0.39, 0.29) is 11.2 Å². The minimum atomic E-state index is -5.39. The zero-order valence-electron chi connectivity index (χ0n) is 11.2. The summed E-state index contributed by atoms with van der Waals surface area (Å²) in [7, 11) is 0. The molecule has 9 heteroatoms. The van der Waals surface area contributed by atoms with Crippen molar-refractivity contribution in [2.24, 2.45) is 0 Å². The lowest BCUT2D eigenvalue weighted by Gasteiger charge is -2.15. The predicted molar refractivity (Wildman–Crippen MR) is 70.6 cm³/mol. The monoisotopic (exact) mass is 334 g/mol. The minimum Gasteiger partial charge on any atom is -0.350 e. The molecular formula is C14H8F6N2O. The van der Waals surface area contributed by atoms with Crippen LogP contribution in [0.15, 0.2) is 48.3 Å². The Morgan fingerprint density at radius 3 is 2.26 bits per heavy atom. The molecule has 122 valence electrons. The maximum absolute atomic E-state index is 12.9. The van der Waals surface area contributed by atoms with Crippen LogP contribution in [0.3, 0.4) is 0 Å². The molecule has 0 aliphatic heterocycles. The van der Waals surface area contributed by atoms with E-state index >= 15 is 0 Å². The number of nitrogens with one attached hydrogen (secondary N) is 1. The van der Waals surface area contributed by atoms with Crippen LogP contribution in [0.5, 0.6) is 0 Å². The molecule has 0 radical (unpaired) electrons. The molecule has 0 amide bonds. The predicted octanol–water partition coefficient (Wildman–Crippen LogP) is 4.22. The number of pyridine rings is 1. The summed E-state index contributed by atoms with van der Waals surface area (Å²) in [6.45, 7) is 0. The van der Waals surface area contributed by atoms with Crippen LogP contribution >= 0.6 is 0 Å². The molecule has 1 N–H and O–H groups in total. The third-order valence-electron chi connectivity index (χ3n) is 2.76. The molecule has 23 heavy (non-hydrogen) atoms. The fraction of sp³-hybridized carbons (Fsp3) is 0.143. The van der Waals surface area contributed by atoms with Crippen molar-refractivity contribution >= 4 is 22.4 Å². The zero-order chi connectivity index (χ0) is 17.3. The molecule has 3 nitrogen and oxygen atoms in total. The molecule has 0 unspecified atom stereocenters. The van der Waals surface area contributed by atoms with Gasteiger partial charge in [-0.2, -0.15) is 26.3 Å². The highest BCUT2D eigenvalue weighted by atomic mass is 19.4. The van der Waals surface area contributed by atoms with Crippen LogP contribution in [-0.4, -0.2) is 23.1 Å². The number of nitrogens with zero attached hydrogens (tertiary/aromatic N) is 1. The first-order valence-corrected chi connectivity index (χ1v) is 6.10. The van der Waals surface area contributed by atoms with Crippen LogP contribution in [-0.2, 0) is 4.79 Å². The summed E-state index contributed by atoms with van der Waals surface area (Å²) in [5.41, 5.74) is -1.86. The number of hydrogen-bond acceptors (Lipinski definition) is 3. The van der Waals surface area contributed by atoms with Gasteiger partial charge in [-0.3, -0.25) is 9.78 Å². The van der Waals surface area contributed by atoms with Crippen molar-refractivity contribution in [2.45, 2.75) is 12.4 Å². The Kier molecular flexibility index (Phi) is 4.31. The zero-order valence-corrected chi connectivity index (χ0v) is 11.2. The quantitative estimate of drug-likeness (QED) is 0.675. The van der Waals surface area contributed by atoms with Crippen LogP contribution in [0.25, 0.3) is 10.9 Å². The van der Waals surface area contributed by atoms with Gasteiger partial charge in [0.1, 0.15) is 5.70 Å². The van der Waals surface area contributed by atoms with Gasteiger partial charge in [0.2, 0.25) is 0 Å². The summed E-state index contributed by atoms with van der Waals surface area (Å²) >= 11 is 0. The topological polar surface area (TPSA) is 42.0 Å². The molecule has 1 aromatic carbocycles. The number of anilines is 1. The Hall–Kier alpha value is -2.58. The Morgan fingerprint density at radius 2 is 1.65 bits per heavy atom. The Balaban J connectivity index is 2.46. The lowest BCUT2D eigenvalue weighted by molar-refractivity contribution is -0.165. The van der Waals surface area contributed by atoms with E-state index < -0.39 is 29.9 Å². The van der Waals surface area contributed by atoms with Gasteiger partial charge in [0.05, 0.1) is 11.2 Å². The van der Waals surface area contributed by atoms with Crippen molar-refractivity contribution in [1.29, 1.82) is 0 Å². The number of rotatable bonds is 3. The summed E-state index contributed by atoms with van der Waals surface area (Å²) in [4.78, 5) is 14.7. The second-order valence-electron chi connectivity index (χ2n) is 4.42. The van der Waals surface area contributed by atoms with E-state index in [9.17, 15) is 31.1 Å². The minimum absolute atomic E-state index is 0.129. The second kappa shape index (κ2) is 5.90. The van der Waals surface area contributed by atoms with E-state index in [0.29, 0.717) is 5.39 Å². The van der Waals surface area contributed by atoms with Crippen LogP contribution in [0, 0.1) is 0 Å². The molecule has 0 aliphatic rings. The molecule has 0 spiro atoms. The average molecular weight is 334 g/mol. The molecule has 2 rings (SSSR count). The number of allylic oxidation sites excluding steroid dienone is 2. The van der Waals surface area contributed by atoms with Gasteiger partial charge < -0.3 is 5.32 Å². The summed E-state index contributed by atoms with van der Waals surface area (Å²) < 4.78 is 75.2. The van der Waals surface area contributed by atoms with Crippen molar-refractivity contribution in [3.8, 4) is 0 Å². The van der Waals surface area contributed by atoms with Crippen molar-refractivity contribution in [1.82, 2.24) is 4.98 Å². The number of fused-ring (bicyclic) bond motifs is 1. The Labute approximate surface area is 125 Å². The average Bonchev–Trinajstić information content (AvgIpc) is 2.44. The molecule has 1 aromatic heterocycles. The normalized spacial score (nSPS) is 13.2. The molecule has 0 aliphatic carbocycles. The highest BCUT2D eigenvalue weighted by Gasteiger charge is 2.41. The first-order valence-electron chi connectivity index (χ1n) is 6.10. The fourth-order valence-corrected chi connectivity index (χ4v) is 1.75. The van der Waals surface area contributed by atoms with Crippen molar-refractivity contribution in [3.63, 3.8) is 0 Å². The number of alkyl halides is 6. The third-order valence-corrected chi connectivity index (χ3v) is 2.76. The Bertz CT molecular complexity index is 758. The second-order valence-corrected chi connectivity index (χ2v) is 4.42. The van der Waals surface area contributed by atoms with Crippen molar-refractivity contribution < 1.29 is 31.1 Å². The number of aromatic nitrogens is 1. The highest BCUT2D eigenvalue weighted by Crippen LogP contribution is 2.31. The van der Waals surface area contributed by atoms with Crippen LogP contribution in [0.2, 0.25) is 0 Å². The molecule has 0 fully saturated rings. The molecule has 0 saturated heterocycles. The van der Waals surface area contributed by atoms with E-state index in [4.69, 9.17) is 0 Å². The summed E-state index contributed by atoms with van der Waals surface area (Å²) in [6, 6.07) is 7.33. The lowest BCUT2D eigenvalue weighted by Crippen LogP contribution is -2.26. The van der Waals surface area contributed by atoms with Gasteiger partial charge in [-0.1, -0.05) is 18.2 Å². The standard InChI is InChI=1S/C14H8F6N2O/c15-13(16,17)10(7-11(23)14(18,19)20)22-9-5-1-3-8-4-2-6-21-12(8)9/h1-7,22H. The van der Waals surface area contributed by atoms with Gasteiger partial charge in [0.25, 0.3) is 5.78 Å². The summed E-state index contributed by atoms with van der Waals surface area (Å²) in [5.74, 6) is -2.61. The third kappa shape index (κ3) is 3.99. The van der Waals surface area contributed by atoms with Crippen molar-refractivity contribution in [3.05, 3.63) is 48.3 Å². The smallest absolute Gasteiger partial charge is 0.350 e. The maximum Gasteiger partial charge on any atom is 0.454 e. The van der Waals surface area contributed by atoms with Gasteiger partial charge in [0.15, 0.2) is 0 Å². The number of carbonyl (C=O) groups is 1. The van der Waals surface area contributed by atoms with Crippen molar-refractivity contribution in [2.75, 3.05) is 5.32 Å². The number of benzene rings is 1. The Morgan fingerprint density at radius 1 is 1.00 bits per heavy atom. The fourth-order valence-electron chi connectivity index (χ4n) is 1.75. The number of hydrogen-bond donors (Lipinski definition) is 1. The summed E-state index contributed by atoms with van der Waals surface area (Å²) in [6.07, 6.45) is -9.75. The molecule has 2 aromatic rings. The molecular weight excluding hydrogens is 326 g/mol. The van der Waals surface area contributed by atoms with E-state index in [1.54, 1.807) is 18.2 Å². The van der Waals surface area contributed by atoms with Gasteiger partial charge >= 0.3 is 12.4 Å². The number of ketones is 1. The van der Waals surface area contributed by atoms with Crippen LogP contribution in [0.1, 0.15) is 0 Å². The SMILES string of the molecule is O=C(C=C(Nc1cccc2cccnc12)C(F)(F)F)C(F)(F)F. The largest absolute Gasteiger partial charge is 0.454 e. The molecule has 1 heterocycles. The van der Waals surface area contributed by atoms with Gasteiger partial charge in [0, 0.05) is 17.7 Å². The summed E-state index contributed by atoms with van der Waals surface area (Å²) in [5, 5.41) is 2.30. The van der Waals surface area contributed by atoms with E-state index in [1.165, 1.54) is 18.3 Å². The van der Waals surface area contributed by atoms with Gasteiger partial charge in [-0.15, -0.1) is 0 Å². The van der Waals surface area contributed by atoms with Crippen LogP contribution in [0.4, 0.5) is 32.0 Å². The van der Waals surface area contributed by atoms with Gasteiger partial charge in [-0.25, -0.2) is 0 Å². The first kappa shape index (κ1) is 16.8. The molecule has 0 bridgehead atoms. The first-order chi connectivity index (χ1) is 10.6.